The summed E-state index contributed by atoms with van der Waals surface area (Å²) in [7, 11) is 0. The average Bonchev–Trinajstić information content (AvgIpc) is 3.46. The molecule has 0 aromatic carbocycles. The van der Waals surface area contributed by atoms with E-state index in [1.54, 1.807) is 18.5 Å². The van der Waals surface area contributed by atoms with E-state index in [1.165, 1.54) is 0 Å². The fraction of sp³-hybridized carbons (Fsp3) is 0.238. The number of nitrogens with zero attached hydrogens (tertiary/aromatic N) is 5. The highest BCUT2D eigenvalue weighted by molar-refractivity contribution is 5.91. The fourth-order valence-corrected chi connectivity index (χ4v) is 3.65. The Bertz CT molecular complexity index is 1150. The molecule has 140 valence electrons. The van der Waals surface area contributed by atoms with Crippen LogP contribution in [0.4, 0.5) is 0 Å². The summed E-state index contributed by atoms with van der Waals surface area (Å²) in [5, 5.41) is 4.68. The lowest BCUT2D eigenvalue weighted by Crippen LogP contribution is -2.28. The molecule has 1 aliphatic rings. The Balaban J connectivity index is 1.37. The maximum atomic E-state index is 12.6. The van der Waals surface area contributed by atoms with Gasteiger partial charge in [0.2, 0.25) is 0 Å². The van der Waals surface area contributed by atoms with E-state index in [9.17, 15) is 4.79 Å². The van der Waals surface area contributed by atoms with Gasteiger partial charge < -0.3 is 9.32 Å². The molecule has 4 aromatic heterocycles. The van der Waals surface area contributed by atoms with E-state index in [2.05, 4.69) is 15.1 Å². The number of amides is 1. The first-order valence-corrected chi connectivity index (χ1v) is 9.30. The fourth-order valence-electron chi connectivity index (χ4n) is 3.65. The predicted molar refractivity (Wildman–Crippen MR) is 103 cm³/mol. The normalized spacial score (nSPS) is 16.8. The number of carbonyl (C=O) groups excluding carboxylic acids is 1. The predicted octanol–water partition coefficient (Wildman–Crippen LogP) is 3.32. The largest absolute Gasteiger partial charge is 0.456 e. The highest BCUT2D eigenvalue weighted by Gasteiger charge is 2.31. The second-order valence-corrected chi connectivity index (χ2v) is 7.07. The number of aryl methyl sites for hydroxylation is 1. The second kappa shape index (κ2) is 6.60. The Kier molecular flexibility index (Phi) is 3.93. The molecule has 4 aromatic rings. The number of fused-ring (bicyclic) bond motifs is 1. The molecule has 0 aliphatic carbocycles. The molecule has 7 nitrogen and oxygen atoms in total. The molecule has 0 saturated carbocycles. The van der Waals surface area contributed by atoms with Crippen LogP contribution in [-0.4, -0.2) is 43.5 Å². The maximum Gasteiger partial charge on any atom is 0.289 e. The third-order valence-electron chi connectivity index (χ3n) is 5.15. The van der Waals surface area contributed by atoms with Gasteiger partial charge in [0.1, 0.15) is 5.76 Å². The van der Waals surface area contributed by atoms with E-state index in [0.29, 0.717) is 18.8 Å². The van der Waals surface area contributed by atoms with Crippen molar-refractivity contribution >= 4 is 11.6 Å². The molecule has 1 atom stereocenters. The number of pyridine rings is 2. The minimum absolute atomic E-state index is 0.0701. The van der Waals surface area contributed by atoms with E-state index in [1.807, 2.05) is 52.9 Å². The topological polar surface area (TPSA) is 76.5 Å². The zero-order valence-electron chi connectivity index (χ0n) is 15.4. The van der Waals surface area contributed by atoms with Gasteiger partial charge in [-0.2, -0.15) is 5.10 Å². The van der Waals surface area contributed by atoms with Crippen molar-refractivity contribution in [3.05, 3.63) is 72.3 Å². The van der Waals surface area contributed by atoms with Gasteiger partial charge in [0.25, 0.3) is 5.91 Å². The Morgan fingerprint density at radius 2 is 1.96 bits per heavy atom. The SMILES string of the molecule is Cc1ccc(C(=O)N2CC[C@@H](c3nc4ccc(-c5ccncc5)cn4n3)C2)o1. The molecule has 0 unspecified atom stereocenters. The van der Waals surface area contributed by atoms with Crippen LogP contribution in [0, 0.1) is 6.92 Å². The van der Waals surface area contributed by atoms with Gasteiger partial charge in [-0.05, 0) is 55.3 Å². The van der Waals surface area contributed by atoms with Crippen molar-refractivity contribution in [1.82, 2.24) is 24.5 Å². The molecule has 1 saturated heterocycles. The van der Waals surface area contributed by atoms with Crippen LogP contribution >= 0.6 is 0 Å². The molecule has 28 heavy (non-hydrogen) atoms. The summed E-state index contributed by atoms with van der Waals surface area (Å²) in [6, 6.07) is 11.5. The Morgan fingerprint density at radius 1 is 1.11 bits per heavy atom. The molecule has 0 radical (unpaired) electrons. The number of hydrogen-bond donors (Lipinski definition) is 0. The van der Waals surface area contributed by atoms with Gasteiger partial charge in [-0.3, -0.25) is 9.78 Å². The smallest absolute Gasteiger partial charge is 0.289 e. The lowest BCUT2D eigenvalue weighted by atomic mass is 10.1. The van der Waals surface area contributed by atoms with Crippen molar-refractivity contribution in [2.75, 3.05) is 13.1 Å². The monoisotopic (exact) mass is 373 g/mol. The van der Waals surface area contributed by atoms with Crippen LogP contribution in [0.15, 0.2) is 59.4 Å². The summed E-state index contributed by atoms with van der Waals surface area (Å²) in [5.74, 6) is 1.97. The van der Waals surface area contributed by atoms with E-state index >= 15 is 0 Å². The number of aromatic nitrogens is 4. The molecular formula is C21H19N5O2. The number of likely N-dealkylation sites (tertiary alicyclic amines) is 1. The van der Waals surface area contributed by atoms with Crippen molar-refractivity contribution < 1.29 is 9.21 Å². The Labute approximate surface area is 161 Å². The van der Waals surface area contributed by atoms with E-state index in [4.69, 9.17) is 4.42 Å². The standard InChI is InChI=1S/C21H19N5O2/c1-14-2-4-18(28-14)21(27)25-11-8-17(12-25)20-23-19-5-3-16(13-26(19)24-20)15-6-9-22-10-7-15/h2-7,9-10,13,17H,8,11-12H2,1H3/t17-/m1/s1. The Morgan fingerprint density at radius 3 is 2.75 bits per heavy atom. The Hall–Kier alpha value is -3.48. The summed E-state index contributed by atoms with van der Waals surface area (Å²) >= 11 is 0. The van der Waals surface area contributed by atoms with E-state index in [0.717, 1.165) is 34.8 Å². The highest BCUT2D eigenvalue weighted by Crippen LogP contribution is 2.27. The van der Waals surface area contributed by atoms with Gasteiger partial charge in [0, 0.05) is 43.2 Å². The van der Waals surface area contributed by atoms with Gasteiger partial charge >= 0.3 is 0 Å². The minimum atomic E-state index is -0.0701. The van der Waals surface area contributed by atoms with Gasteiger partial charge in [0.05, 0.1) is 0 Å². The first-order valence-electron chi connectivity index (χ1n) is 9.30. The number of furan rings is 1. The summed E-state index contributed by atoms with van der Waals surface area (Å²) in [6.07, 6.45) is 6.37. The molecular weight excluding hydrogens is 354 g/mol. The van der Waals surface area contributed by atoms with Crippen LogP contribution in [-0.2, 0) is 0 Å². The summed E-state index contributed by atoms with van der Waals surface area (Å²) in [4.78, 5) is 23.1. The van der Waals surface area contributed by atoms with Gasteiger partial charge in [-0.25, -0.2) is 9.50 Å². The summed E-state index contributed by atoms with van der Waals surface area (Å²) in [5.41, 5.74) is 2.95. The maximum absolute atomic E-state index is 12.6. The van der Waals surface area contributed by atoms with Crippen molar-refractivity contribution in [2.24, 2.45) is 0 Å². The van der Waals surface area contributed by atoms with Gasteiger partial charge in [-0.1, -0.05) is 0 Å². The molecule has 0 N–H and O–H groups in total. The quantitative estimate of drug-likeness (QED) is 0.551. The molecule has 1 amide bonds. The third-order valence-corrected chi connectivity index (χ3v) is 5.15. The highest BCUT2D eigenvalue weighted by atomic mass is 16.3. The zero-order valence-corrected chi connectivity index (χ0v) is 15.4. The van der Waals surface area contributed by atoms with Crippen molar-refractivity contribution in [2.45, 2.75) is 19.3 Å². The molecule has 5 rings (SSSR count). The molecule has 0 bridgehead atoms. The third kappa shape index (κ3) is 2.94. The number of hydrogen-bond acceptors (Lipinski definition) is 5. The molecule has 1 fully saturated rings. The van der Waals surface area contributed by atoms with Crippen LogP contribution in [0.1, 0.15) is 34.5 Å². The van der Waals surface area contributed by atoms with E-state index < -0.39 is 0 Å². The van der Waals surface area contributed by atoms with Crippen LogP contribution in [0.2, 0.25) is 0 Å². The van der Waals surface area contributed by atoms with Crippen LogP contribution in [0.25, 0.3) is 16.8 Å². The van der Waals surface area contributed by atoms with Crippen LogP contribution in [0.3, 0.4) is 0 Å². The molecule has 5 heterocycles. The minimum Gasteiger partial charge on any atom is -0.456 e. The van der Waals surface area contributed by atoms with Crippen molar-refractivity contribution in [3.63, 3.8) is 0 Å². The lowest BCUT2D eigenvalue weighted by molar-refractivity contribution is 0.0757. The van der Waals surface area contributed by atoms with Crippen LogP contribution in [0.5, 0.6) is 0 Å². The van der Waals surface area contributed by atoms with E-state index in [-0.39, 0.29) is 11.8 Å². The van der Waals surface area contributed by atoms with Crippen molar-refractivity contribution in [3.8, 4) is 11.1 Å². The molecule has 0 spiro atoms. The summed E-state index contributed by atoms with van der Waals surface area (Å²) in [6.45, 7) is 3.12. The second-order valence-electron chi connectivity index (χ2n) is 7.07. The van der Waals surface area contributed by atoms with Gasteiger partial charge in [-0.15, -0.1) is 0 Å². The molecule has 1 aliphatic heterocycles. The first-order chi connectivity index (χ1) is 13.7. The number of rotatable bonds is 3. The first kappa shape index (κ1) is 16.7. The summed E-state index contributed by atoms with van der Waals surface area (Å²) < 4.78 is 7.28. The van der Waals surface area contributed by atoms with Gasteiger partial charge in [0.15, 0.2) is 17.2 Å². The molecule has 7 heteroatoms. The number of carbonyl (C=O) groups is 1. The van der Waals surface area contributed by atoms with Crippen molar-refractivity contribution in [1.29, 1.82) is 0 Å². The average molecular weight is 373 g/mol. The lowest BCUT2D eigenvalue weighted by Gasteiger charge is -2.13. The zero-order chi connectivity index (χ0) is 19.1. The van der Waals surface area contributed by atoms with Crippen LogP contribution < -0.4 is 0 Å².